The molecule has 0 aliphatic carbocycles. The molecule has 0 unspecified atom stereocenters. The number of aromatic nitrogens is 3. The summed E-state index contributed by atoms with van der Waals surface area (Å²) in [6, 6.07) is 7.36. The Morgan fingerprint density at radius 2 is 2.08 bits per heavy atom. The van der Waals surface area contributed by atoms with Crippen LogP contribution in [0.5, 0.6) is 0 Å². The van der Waals surface area contributed by atoms with Gasteiger partial charge in [-0.25, -0.2) is 4.98 Å². The van der Waals surface area contributed by atoms with Crippen molar-refractivity contribution in [1.82, 2.24) is 19.7 Å². The highest BCUT2D eigenvalue weighted by molar-refractivity contribution is 6.31. The van der Waals surface area contributed by atoms with E-state index < -0.39 is 0 Å². The van der Waals surface area contributed by atoms with Crippen LogP contribution in [0.1, 0.15) is 30.6 Å². The third-order valence-electron chi connectivity index (χ3n) is 4.97. The largest absolute Gasteiger partial charge is 0.338 e. The quantitative estimate of drug-likeness (QED) is 0.682. The van der Waals surface area contributed by atoms with Crippen LogP contribution in [-0.4, -0.2) is 38.7 Å². The van der Waals surface area contributed by atoms with Gasteiger partial charge in [0.15, 0.2) is 0 Å². The molecular formula is C20H21ClN4O. The molecule has 26 heavy (non-hydrogen) atoms. The van der Waals surface area contributed by atoms with E-state index in [9.17, 15) is 4.79 Å². The second-order valence-electron chi connectivity index (χ2n) is 7.76. The first-order chi connectivity index (χ1) is 12.3. The smallest absolute Gasteiger partial charge is 0.254 e. The molecular weight excluding hydrogens is 348 g/mol. The third-order valence-corrected chi connectivity index (χ3v) is 5.20. The molecule has 134 valence electrons. The molecule has 3 aromatic rings. The number of pyridine rings is 1. The van der Waals surface area contributed by atoms with E-state index in [1.165, 1.54) is 0 Å². The van der Waals surface area contributed by atoms with Crippen LogP contribution in [0.2, 0.25) is 5.02 Å². The minimum absolute atomic E-state index is 0.0374. The second-order valence-corrected chi connectivity index (χ2v) is 8.20. The fraction of sp³-hybridized carbons (Fsp3) is 0.350. The molecule has 1 amide bonds. The number of amides is 1. The third kappa shape index (κ3) is 3.07. The molecule has 2 aromatic heterocycles. The van der Waals surface area contributed by atoms with Crippen LogP contribution in [0.25, 0.3) is 22.2 Å². The summed E-state index contributed by atoms with van der Waals surface area (Å²) in [6.45, 7) is 5.93. The molecule has 6 heteroatoms. The van der Waals surface area contributed by atoms with Crippen molar-refractivity contribution in [3.8, 4) is 11.3 Å². The standard InChI is InChI=1S/C20H21ClN4O/c1-20(2)6-7-25(12-20)19(26)16-9-18(13-10-22-24(3)11-13)23-17-5-4-14(21)8-15(16)17/h4-5,8-11H,6-7,12H2,1-3H3. The zero-order valence-electron chi connectivity index (χ0n) is 15.2. The Balaban J connectivity index is 1.86. The van der Waals surface area contributed by atoms with Crippen LogP contribution >= 0.6 is 11.6 Å². The predicted molar refractivity (Wildman–Crippen MR) is 103 cm³/mol. The van der Waals surface area contributed by atoms with E-state index in [-0.39, 0.29) is 11.3 Å². The minimum Gasteiger partial charge on any atom is -0.338 e. The van der Waals surface area contributed by atoms with Crippen molar-refractivity contribution in [2.75, 3.05) is 13.1 Å². The lowest BCUT2D eigenvalue weighted by Crippen LogP contribution is -2.30. The maximum Gasteiger partial charge on any atom is 0.254 e. The summed E-state index contributed by atoms with van der Waals surface area (Å²) in [5, 5.41) is 5.61. The summed E-state index contributed by atoms with van der Waals surface area (Å²) in [5.74, 6) is 0.0374. The van der Waals surface area contributed by atoms with E-state index in [2.05, 4.69) is 18.9 Å². The summed E-state index contributed by atoms with van der Waals surface area (Å²) in [5.41, 5.74) is 3.20. The van der Waals surface area contributed by atoms with E-state index in [4.69, 9.17) is 16.6 Å². The molecule has 0 spiro atoms. The Labute approximate surface area is 157 Å². The summed E-state index contributed by atoms with van der Waals surface area (Å²) < 4.78 is 1.73. The van der Waals surface area contributed by atoms with Crippen LogP contribution < -0.4 is 0 Å². The van der Waals surface area contributed by atoms with Crippen molar-refractivity contribution in [2.24, 2.45) is 12.5 Å². The van der Waals surface area contributed by atoms with Crippen LogP contribution in [-0.2, 0) is 7.05 Å². The predicted octanol–water partition coefficient (Wildman–Crippen LogP) is 4.16. The van der Waals surface area contributed by atoms with Gasteiger partial charge >= 0.3 is 0 Å². The lowest BCUT2D eigenvalue weighted by Gasteiger charge is -2.21. The maximum atomic E-state index is 13.3. The Kier molecular flexibility index (Phi) is 3.99. The minimum atomic E-state index is 0.0374. The van der Waals surface area contributed by atoms with Gasteiger partial charge in [-0.05, 0) is 36.1 Å². The van der Waals surface area contributed by atoms with E-state index in [1.807, 2.05) is 36.3 Å². The number of fused-ring (bicyclic) bond motifs is 1. The monoisotopic (exact) mass is 368 g/mol. The van der Waals surface area contributed by atoms with E-state index in [1.54, 1.807) is 16.9 Å². The Bertz CT molecular complexity index is 1010. The van der Waals surface area contributed by atoms with Gasteiger partial charge in [0.25, 0.3) is 5.91 Å². The van der Waals surface area contributed by atoms with Gasteiger partial charge in [0.05, 0.1) is 23.0 Å². The molecule has 0 radical (unpaired) electrons. The van der Waals surface area contributed by atoms with E-state index in [0.717, 1.165) is 41.7 Å². The Morgan fingerprint density at radius 3 is 2.73 bits per heavy atom. The van der Waals surface area contributed by atoms with Crippen LogP contribution in [0, 0.1) is 5.41 Å². The average molecular weight is 369 g/mol. The zero-order valence-corrected chi connectivity index (χ0v) is 15.9. The fourth-order valence-electron chi connectivity index (χ4n) is 3.53. The second kappa shape index (κ2) is 6.09. The molecule has 1 saturated heterocycles. The number of carbonyl (C=O) groups excluding carboxylic acids is 1. The zero-order chi connectivity index (χ0) is 18.5. The number of aryl methyl sites for hydroxylation is 1. The van der Waals surface area contributed by atoms with Crippen molar-refractivity contribution in [3.63, 3.8) is 0 Å². The van der Waals surface area contributed by atoms with Crippen LogP contribution in [0.15, 0.2) is 36.7 Å². The highest BCUT2D eigenvalue weighted by atomic mass is 35.5. The normalized spacial score (nSPS) is 16.4. The maximum absolute atomic E-state index is 13.3. The van der Waals surface area contributed by atoms with Gasteiger partial charge in [-0.2, -0.15) is 5.10 Å². The molecule has 0 N–H and O–H groups in total. The number of halogens is 1. The Morgan fingerprint density at radius 1 is 1.27 bits per heavy atom. The SMILES string of the molecule is Cn1cc(-c2cc(C(=O)N3CCC(C)(C)C3)c3cc(Cl)ccc3n2)cn1. The van der Waals surface area contributed by atoms with Crippen LogP contribution in [0.4, 0.5) is 0 Å². The first-order valence-corrected chi connectivity index (χ1v) is 9.09. The number of benzene rings is 1. The van der Waals surface area contributed by atoms with Crippen molar-refractivity contribution in [3.05, 3.63) is 47.2 Å². The lowest BCUT2D eigenvalue weighted by atomic mass is 9.93. The van der Waals surface area contributed by atoms with Crippen molar-refractivity contribution in [1.29, 1.82) is 0 Å². The van der Waals surface area contributed by atoms with Gasteiger partial charge in [0.1, 0.15) is 0 Å². The molecule has 0 saturated carbocycles. The van der Waals surface area contributed by atoms with Gasteiger partial charge in [-0.1, -0.05) is 25.4 Å². The van der Waals surface area contributed by atoms with Gasteiger partial charge in [0, 0.05) is 42.3 Å². The van der Waals surface area contributed by atoms with Gasteiger partial charge in [-0.15, -0.1) is 0 Å². The Hall–Kier alpha value is -2.40. The van der Waals surface area contributed by atoms with Crippen molar-refractivity contribution in [2.45, 2.75) is 20.3 Å². The highest BCUT2D eigenvalue weighted by Crippen LogP contribution is 2.32. The summed E-state index contributed by atoms with van der Waals surface area (Å²) in [7, 11) is 1.86. The first kappa shape index (κ1) is 17.0. The average Bonchev–Trinajstić information content (AvgIpc) is 3.18. The molecule has 3 heterocycles. The number of nitrogens with zero attached hydrogens (tertiary/aromatic N) is 4. The number of rotatable bonds is 2. The van der Waals surface area contributed by atoms with Crippen molar-refractivity contribution >= 4 is 28.4 Å². The highest BCUT2D eigenvalue weighted by Gasteiger charge is 2.33. The molecule has 1 fully saturated rings. The summed E-state index contributed by atoms with van der Waals surface area (Å²) >= 11 is 6.19. The molecule has 1 aromatic carbocycles. The molecule has 4 rings (SSSR count). The van der Waals surface area contributed by atoms with E-state index in [0.29, 0.717) is 10.6 Å². The number of likely N-dealkylation sites (tertiary alicyclic amines) is 1. The first-order valence-electron chi connectivity index (χ1n) is 8.71. The summed E-state index contributed by atoms with van der Waals surface area (Å²) in [6.07, 6.45) is 4.67. The molecule has 1 aliphatic heterocycles. The van der Waals surface area contributed by atoms with Gasteiger partial charge in [-0.3, -0.25) is 9.48 Å². The molecule has 0 bridgehead atoms. The van der Waals surface area contributed by atoms with Crippen molar-refractivity contribution < 1.29 is 4.79 Å². The topological polar surface area (TPSA) is 51.0 Å². The van der Waals surface area contributed by atoms with Gasteiger partial charge < -0.3 is 4.90 Å². The number of hydrogen-bond acceptors (Lipinski definition) is 3. The van der Waals surface area contributed by atoms with Crippen LogP contribution in [0.3, 0.4) is 0 Å². The number of carbonyl (C=O) groups is 1. The molecule has 5 nitrogen and oxygen atoms in total. The fourth-order valence-corrected chi connectivity index (χ4v) is 3.70. The van der Waals surface area contributed by atoms with E-state index >= 15 is 0 Å². The lowest BCUT2D eigenvalue weighted by molar-refractivity contribution is 0.0780. The molecule has 1 aliphatic rings. The number of hydrogen-bond donors (Lipinski definition) is 0. The van der Waals surface area contributed by atoms with Gasteiger partial charge in [0.2, 0.25) is 0 Å². The molecule has 0 atom stereocenters. The summed E-state index contributed by atoms with van der Waals surface area (Å²) in [4.78, 5) is 19.9.